The smallest absolute Gasteiger partial charge is 0.416 e. The van der Waals surface area contributed by atoms with Gasteiger partial charge in [-0.05, 0) is 42.5 Å². The van der Waals surface area contributed by atoms with Gasteiger partial charge in [-0.2, -0.15) is 13.2 Å². The Morgan fingerprint density at radius 2 is 1.91 bits per heavy atom. The van der Waals surface area contributed by atoms with E-state index in [9.17, 15) is 13.2 Å². The maximum absolute atomic E-state index is 12.9. The Hall–Kier alpha value is -2.85. The summed E-state index contributed by atoms with van der Waals surface area (Å²) in [6, 6.07) is 12.5. The summed E-state index contributed by atoms with van der Waals surface area (Å²) in [4.78, 5) is 11.5. The maximum atomic E-state index is 12.9. The number of hydrogen-bond acceptors (Lipinski definition) is 6. The van der Waals surface area contributed by atoms with Crippen molar-refractivity contribution < 1.29 is 27.6 Å². The van der Waals surface area contributed by atoms with Gasteiger partial charge in [0, 0.05) is 43.6 Å². The van der Waals surface area contributed by atoms with Crippen LogP contribution in [-0.4, -0.2) is 41.7 Å². The van der Waals surface area contributed by atoms with Crippen LogP contribution in [0.2, 0.25) is 0 Å². The van der Waals surface area contributed by atoms with Gasteiger partial charge in [-0.25, -0.2) is 0 Å². The van der Waals surface area contributed by atoms with Crippen molar-refractivity contribution in [3.05, 3.63) is 59.7 Å². The Balaban J connectivity index is 1.29. The first-order valence-electron chi connectivity index (χ1n) is 10.1. The van der Waals surface area contributed by atoms with Crippen molar-refractivity contribution in [1.82, 2.24) is 5.06 Å². The lowest BCUT2D eigenvalue weighted by Crippen LogP contribution is -2.45. The zero-order valence-corrected chi connectivity index (χ0v) is 18.1. The van der Waals surface area contributed by atoms with Gasteiger partial charge in [0.15, 0.2) is 0 Å². The maximum Gasteiger partial charge on any atom is 0.416 e. The van der Waals surface area contributed by atoms with Gasteiger partial charge in [-0.1, -0.05) is 23.4 Å². The van der Waals surface area contributed by atoms with Crippen LogP contribution in [0.25, 0.3) is 0 Å². The summed E-state index contributed by atoms with van der Waals surface area (Å²) in [5.41, 5.74) is 0.907. The van der Waals surface area contributed by atoms with Crippen molar-refractivity contribution in [1.29, 1.82) is 0 Å². The summed E-state index contributed by atoms with van der Waals surface area (Å²) in [6.45, 7) is 1.09. The highest BCUT2D eigenvalue weighted by molar-refractivity contribution is 7.80. The molecule has 0 saturated carbocycles. The molecule has 1 spiro atoms. The summed E-state index contributed by atoms with van der Waals surface area (Å²) >= 11 is 5.16. The van der Waals surface area contributed by atoms with Gasteiger partial charge in [-0.3, -0.25) is 0 Å². The van der Waals surface area contributed by atoms with Crippen molar-refractivity contribution in [2.24, 2.45) is 5.16 Å². The third-order valence-corrected chi connectivity index (χ3v) is 5.70. The lowest BCUT2D eigenvalue weighted by molar-refractivity contribution is -0.143. The number of oxime groups is 1. The zero-order valence-electron chi connectivity index (χ0n) is 17.3. The first-order valence-corrected chi connectivity index (χ1v) is 10.5. The number of nitrogens with zero attached hydrogens (tertiary/aromatic N) is 2. The molecule has 0 bridgehead atoms. The molecule has 2 heterocycles. The molecule has 0 amide bonds. The van der Waals surface area contributed by atoms with Gasteiger partial charge in [0.1, 0.15) is 11.4 Å². The van der Waals surface area contributed by atoms with Crippen molar-refractivity contribution in [3.63, 3.8) is 0 Å². The number of piperidine rings is 1. The normalized spacial score (nSPS) is 18.1. The number of halogens is 3. The number of ether oxygens (including phenoxy) is 1. The van der Waals surface area contributed by atoms with Crippen LogP contribution >= 0.6 is 12.2 Å². The highest BCUT2D eigenvalue weighted by Crippen LogP contribution is 2.37. The van der Waals surface area contributed by atoms with E-state index in [2.05, 4.69) is 10.5 Å². The largest absolute Gasteiger partial charge is 0.497 e. The molecule has 2 aliphatic heterocycles. The summed E-state index contributed by atoms with van der Waals surface area (Å²) in [5, 5.41) is 8.67. The van der Waals surface area contributed by atoms with Crippen molar-refractivity contribution in [2.75, 3.05) is 25.5 Å². The second kappa shape index (κ2) is 8.95. The highest BCUT2D eigenvalue weighted by atomic mass is 32.1. The molecule has 0 radical (unpaired) electrons. The molecule has 32 heavy (non-hydrogen) atoms. The summed E-state index contributed by atoms with van der Waals surface area (Å²) < 4.78 is 43.9. The molecule has 0 unspecified atom stereocenters. The summed E-state index contributed by atoms with van der Waals surface area (Å²) in [6.07, 6.45) is -2.39. The lowest BCUT2D eigenvalue weighted by atomic mass is 9.86. The second-order valence-corrected chi connectivity index (χ2v) is 8.10. The molecular formula is C22H22F3N3O3S. The number of alkyl halides is 3. The van der Waals surface area contributed by atoms with Gasteiger partial charge in [0.05, 0.1) is 18.4 Å². The Morgan fingerprint density at radius 1 is 1.16 bits per heavy atom. The standard InChI is InChI=1S/C22H22F3N3O3S/c1-29-18-7-2-4-15(12-18)19-14-21(31-27-19)8-10-28(11-9-21)30-20(32)26-17-6-3-5-16(13-17)22(23,24)25/h2-7,12-13H,8-11,14H2,1H3,(H,26,32). The van der Waals surface area contributed by atoms with E-state index in [4.69, 9.17) is 26.6 Å². The number of thiocarbonyl (C=S) groups is 1. The minimum atomic E-state index is -4.42. The molecular weight excluding hydrogens is 443 g/mol. The SMILES string of the molecule is COc1cccc(C2=NOC3(CCN(OC(=S)Nc4cccc(C(F)(F)F)c4)CC3)C2)c1. The quantitative estimate of drug-likeness (QED) is 0.642. The molecule has 1 saturated heterocycles. The molecule has 1 N–H and O–H groups in total. The minimum absolute atomic E-state index is 0.0130. The Labute approximate surface area is 188 Å². The van der Waals surface area contributed by atoms with Crippen LogP contribution < -0.4 is 10.1 Å². The molecule has 0 atom stereocenters. The van der Waals surface area contributed by atoms with Gasteiger partial charge < -0.3 is 19.7 Å². The van der Waals surface area contributed by atoms with Crippen LogP contribution in [-0.2, 0) is 15.9 Å². The van der Waals surface area contributed by atoms with E-state index in [1.807, 2.05) is 24.3 Å². The predicted molar refractivity (Wildman–Crippen MR) is 118 cm³/mol. The first-order chi connectivity index (χ1) is 15.3. The number of hydroxylamine groups is 2. The van der Waals surface area contributed by atoms with Gasteiger partial charge in [0.2, 0.25) is 0 Å². The topological polar surface area (TPSA) is 55.3 Å². The van der Waals surface area contributed by atoms with Crippen molar-refractivity contribution >= 4 is 28.8 Å². The predicted octanol–water partition coefficient (Wildman–Crippen LogP) is 5.00. The van der Waals surface area contributed by atoms with Gasteiger partial charge in [0.25, 0.3) is 5.17 Å². The van der Waals surface area contributed by atoms with E-state index in [0.29, 0.717) is 32.4 Å². The van der Waals surface area contributed by atoms with Crippen LogP contribution in [0.1, 0.15) is 30.4 Å². The molecule has 2 aromatic rings. The molecule has 1 fully saturated rings. The molecule has 10 heteroatoms. The van der Waals surface area contributed by atoms with E-state index < -0.39 is 17.3 Å². The van der Waals surface area contributed by atoms with E-state index in [1.165, 1.54) is 12.1 Å². The fraction of sp³-hybridized carbons (Fsp3) is 0.364. The van der Waals surface area contributed by atoms with Crippen LogP contribution in [0.4, 0.5) is 18.9 Å². The second-order valence-electron chi connectivity index (χ2n) is 7.73. The van der Waals surface area contributed by atoms with Gasteiger partial charge in [-0.15, -0.1) is 5.06 Å². The number of anilines is 1. The monoisotopic (exact) mass is 465 g/mol. The molecule has 170 valence electrons. The fourth-order valence-corrected chi connectivity index (χ4v) is 3.99. The van der Waals surface area contributed by atoms with Crippen LogP contribution in [0.3, 0.4) is 0 Å². The zero-order chi connectivity index (χ0) is 22.8. The van der Waals surface area contributed by atoms with E-state index in [1.54, 1.807) is 12.2 Å². The van der Waals surface area contributed by atoms with Crippen molar-refractivity contribution in [2.45, 2.75) is 31.0 Å². The molecule has 2 aromatic carbocycles. The van der Waals surface area contributed by atoms with E-state index in [-0.39, 0.29) is 10.9 Å². The molecule has 0 aromatic heterocycles. The number of rotatable bonds is 4. The summed E-state index contributed by atoms with van der Waals surface area (Å²) in [7, 11) is 1.62. The van der Waals surface area contributed by atoms with E-state index in [0.717, 1.165) is 29.2 Å². The summed E-state index contributed by atoms with van der Waals surface area (Å²) in [5.74, 6) is 0.760. The molecule has 4 rings (SSSR count). The van der Waals surface area contributed by atoms with Crippen LogP contribution in [0, 0.1) is 0 Å². The average molecular weight is 465 g/mol. The van der Waals surface area contributed by atoms with Gasteiger partial charge >= 0.3 is 6.18 Å². The van der Waals surface area contributed by atoms with Crippen molar-refractivity contribution in [3.8, 4) is 5.75 Å². The Kier molecular flexibility index (Phi) is 6.25. The highest BCUT2D eigenvalue weighted by Gasteiger charge is 2.43. The molecule has 0 aliphatic carbocycles. The van der Waals surface area contributed by atoms with Crippen LogP contribution in [0.5, 0.6) is 5.75 Å². The fourth-order valence-electron chi connectivity index (χ4n) is 3.76. The minimum Gasteiger partial charge on any atom is -0.497 e. The number of nitrogens with one attached hydrogen (secondary N) is 1. The average Bonchev–Trinajstić information content (AvgIpc) is 3.19. The first kappa shape index (κ1) is 22.3. The lowest BCUT2D eigenvalue weighted by Gasteiger charge is -2.36. The Bertz CT molecular complexity index is 1020. The third kappa shape index (κ3) is 5.13. The number of methoxy groups -OCH3 is 1. The number of hydrogen-bond donors (Lipinski definition) is 1. The Morgan fingerprint density at radius 3 is 2.62 bits per heavy atom. The number of benzene rings is 2. The molecule has 2 aliphatic rings. The van der Waals surface area contributed by atoms with Crippen LogP contribution in [0.15, 0.2) is 53.7 Å². The van der Waals surface area contributed by atoms with E-state index >= 15 is 0 Å². The third-order valence-electron chi connectivity index (χ3n) is 5.52. The molecule has 6 nitrogen and oxygen atoms in total.